The maximum absolute atomic E-state index is 10.0. The molecule has 1 aromatic rings. The average molecular weight is 203 g/mol. The van der Waals surface area contributed by atoms with Crippen LogP contribution >= 0.6 is 0 Å². The van der Waals surface area contributed by atoms with Crippen molar-refractivity contribution >= 4 is 8.80 Å². The Balaban J connectivity index is 2.96. The highest BCUT2D eigenvalue weighted by Gasteiger charge is 2.16. The zero-order chi connectivity index (χ0) is 10.6. The SMILES string of the molecule is C=C=C([C@H](O)c1ccccc1)[Si](C)C. The molecule has 0 spiro atoms. The lowest BCUT2D eigenvalue weighted by atomic mass is 10.1. The van der Waals surface area contributed by atoms with E-state index in [9.17, 15) is 5.11 Å². The number of hydrogen-bond acceptors (Lipinski definition) is 1. The van der Waals surface area contributed by atoms with Crippen molar-refractivity contribution in [2.75, 3.05) is 0 Å². The Morgan fingerprint density at radius 3 is 2.36 bits per heavy atom. The topological polar surface area (TPSA) is 20.2 Å². The van der Waals surface area contributed by atoms with Crippen LogP contribution in [0.2, 0.25) is 13.1 Å². The summed E-state index contributed by atoms with van der Waals surface area (Å²) in [5.41, 5.74) is 3.78. The van der Waals surface area contributed by atoms with E-state index in [1.54, 1.807) is 0 Å². The summed E-state index contributed by atoms with van der Waals surface area (Å²) in [6.07, 6.45) is -0.530. The summed E-state index contributed by atoms with van der Waals surface area (Å²) in [6.45, 7) is 7.89. The highest BCUT2D eigenvalue weighted by molar-refractivity contribution is 6.64. The summed E-state index contributed by atoms with van der Waals surface area (Å²) in [6, 6.07) is 9.64. The van der Waals surface area contributed by atoms with Gasteiger partial charge in [-0.05, 0) is 10.8 Å². The lowest BCUT2D eigenvalue weighted by Crippen LogP contribution is -2.13. The van der Waals surface area contributed by atoms with Crippen molar-refractivity contribution in [1.82, 2.24) is 0 Å². The molecule has 0 heterocycles. The molecule has 2 heteroatoms. The van der Waals surface area contributed by atoms with Crippen molar-refractivity contribution in [2.24, 2.45) is 0 Å². The van der Waals surface area contributed by atoms with Crippen molar-refractivity contribution in [2.45, 2.75) is 19.2 Å². The highest BCUT2D eigenvalue weighted by Crippen LogP contribution is 2.22. The van der Waals surface area contributed by atoms with Crippen LogP contribution in [-0.2, 0) is 0 Å². The molecule has 1 radical (unpaired) electrons. The van der Waals surface area contributed by atoms with Gasteiger partial charge in [0.1, 0.15) is 6.10 Å². The van der Waals surface area contributed by atoms with Crippen molar-refractivity contribution in [3.05, 3.63) is 53.4 Å². The second-order valence-electron chi connectivity index (χ2n) is 3.40. The summed E-state index contributed by atoms with van der Waals surface area (Å²) < 4.78 is 0. The zero-order valence-electron chi connectivity index (χ0n) is 8.62. The lowest BCUT2D eigenvalue weighted by molar-refractivity contribution is 0.223. The van der Waals surface area contributed by atoms with Crippen LogP contribution < -0.4 is 0 Å². The van der Waals surface area contributed by atoms with E-state index in [4.69, 9.17) is 0 Å². The molecule has 0 saturated carbocycles. The van der Waals surface area contributed by atoms with Crippen LogP contribution in [0.4, 0.5) is 0 Å². The summed E-state index contributed by atoms with van der Waals surface area (Å²) in [5, 5.41) is 11.0. The van der Waals surface area contributed by atoms with Gasteiger partial charge in [0, 0.05) is 0 Å². The highest BCUT2D eigenvalue weighted by atomic mass is 28.3. The largest absolute Gasteiger partial charge is 0.384 e. The van der Waals surface area contributed by atoms with Crippen LogP contribution in [0, 0.1) is 0 Å². The predicted octanol–water partition coefficient (Wildman–Crippen LogP) is 2.72. The van der Waals surface area contributed by atoms with E-state index in [1.807, 2.05) is 30.3 Å². The molecular formula is C12H15OSi. The predicted molar refractivity (Wildman–Crippen MR) is 61.5 cm³/mol. The first kappa shape index (κ1) is 11.0. The molecule has 1 aromatic carbocycles. The molecule has 73 valence electrons. The van der Waals surface area contributed by atoms with Gasteiger partial charge in [-0.1, -0.05) is 50.0 Å². The molecule has 1 nitrogen and oxygen atoms in total. The van der Waals surface area contributed by atoms with Gasteiger partial charge in [-0.2, -0.15) is 0 Å². The zero-order valence-corrected chi connectivity index (χ0v) is 9.62. The average Bonchev–Trinajstić information content (AvgIpc) is 2.19. The molecule has 0 aliphatic carbocycles. The van der Waals surface area contributed by atoms with Crippen LogP contribution in [0.15, 0.2) is 47.8 Å². The molecule has 0 amide bonds. The maximum atomic E-state index is 10.0. The molecule has 1 atom stereocenters. The van der Waals surface area contributed by atoms with Gasteiger partial charge in [0.05, 0.1) is 8.80 Å². The first-order valence-corrected chi connectivity index (χ1v) is 7.10. The van der Waals surface area contributed by atoms with Gasteiger partial charge >= 0.3 is 0 Å². The molecule has 0 bridgehead atoms. The van der Waals surface area contributed by atoms with Crippen LogP contribution in [0.1, 0.15) is 11.7 Å². The molecule has 0 fully saturated rings. The van der Waals surface area contributed by atoms with E-state index in [2.05, 4.69) is 25.4 Å². The summed E-state index contributed by atoms with van der Waals surface area (Å²) in [5.74, 6) is 0. The Kier molecular flexibility index (Phi) is 3.90. The standard InChI is InChI=1S/C12H15OSi/c1-4-11(14(2)3)12(13)10-8-6-5-7-9-10/h5-9,12-13H,1H2,2-3H3/t12-/m1/s1. The fourth-order valence-electron chi connectivity index (χ4n) is 1.35. The van der Waals surface area contributed by atoms with Gasteiger partial charge in [0.15, 0.2) is 0 Å². The smallest absolute Gasteiger partial charge is 0.103 e. The molecular weight excluding hydrogens is 188 g/mol. The minimum absolute atomic E-state index is 0.530. The fourth-order valence-corrected chi connectivity index (χ4v) is 2.42. The molecule has 0 aromatic heterocycles. The summed E-state index contributed by atoms with van der Waals surface area (Å²) in [7, 11) is -0.677. The summed E-state index contributed by atoms with van der Waals surface area (Å²) in [4.78, 5) is 0. The third kappa shape index (κ3) is 2.45. The number of aliphatic hydroxyl groups is 1. The second-order valence-corrected chi connectivity index (χ2v) is 5.94. The molecule has 14 heavy (non-hydrogen) atoms. The molecule has 0 saturated heterocycles. The summed E-state index contributed by atoms with van der Waals surface area (Å²) >= 11 is 0. The van der Waals surface area contributed by atoms with Crippen LogP contribution in [0.3, 0.4) is 0 Å². The Bertz CT molecular complexity index is 337. The van der Waals surface area contributed by atoms with Crippen molar-refractivity contribution in [1.29, 1.82) is 0 Å². The lowest BCUT2D eigenvalue weighted by Gasteiger charge is -2.15. The monoisotopic (exact) mass is 203 g/mol. The van der Waals surface area contributed by atoms with Gasteiger partial charge in [-0.25, -0.2) is 0 Å². The van der Waals surface area contributed by atoms with Crippen molar-refractivity contribution < 1.29 is 5.11 Å². The van der Waals surface area contributed by atoms with Gasteiger partial charge in [-0.15, -0.1) is 5.73 Å². The first-order valence-electron chi connectivity index (χ1n) is 4.60. The van der Waals surface area contributed by atoms with E-state index in [0.29, 0.717) is 0 Å². The van der Waals surface area contributed by atoms with E-state index in [-0.39, 0.29) is 0 Å². The van der Waals surface area contributed by atoms with Crippen LogP contribution in [0.5, 0.6) is 0 Å². The van der Waals surface area contributed by atoms with Gasteiger partial charge in [-0.3, -0.25) is 0 Å². The van der Waals surface area contributed by atoms with E-state index in [1.165, 1.54) is 0 Å². The Labute approximate surface area is 87.0 Å². The number of aliphatic hydroxyl groups excluding tert-OH is 1. The Hall–Kier alpha value is -1.08. The van der Waals surface area contributed by atoms with Crippen LogP contribution in [0.25, 0.3) is 0 Å². The van der Waals surface area contributed by atoms with Crippen LogP contribution in [-0.4, -0.2) is 13.9 Å². The van der Waals surface area contributed by atoms with E-state index >= 15 is 0 Å². The normalized spacial score (nSPS) is 12.3. The number of rotatable bonds is 3. The van der Waals surface area contributed by atoms with Crippen molar-refractivity contribution in [3.63, 3.8) is 0 Å². The first-order chi connectivity index (χ1) is 6.66. The van der Waals surface area contributed by atoms with Gasteiger partial charge in [0.2, 0.25) is 0 Å². The fraction of sp³-hybridized carbons (Fsp3) is 0.250. The Morgan fingerprint density at radius 2 is 1.93 bits per heavy atom. The quantitative estimate of drug-likeness (QED) is 0.591. The molecule has 0 aliphatic heterocycles. The minimum Gasteiger partial charge on any atom is -0.384 e. The maximum Gasteiger partial charge on any atom is 0.103 e. The number of hydrogen-bond donors (Lipinski definition) is 1. The molecule has 1 N–H and O–H groups in total. The molecule has 0 aliphatic rings. The third-order valence-electron chi connectivity index (χ3n) is 2.12. The molecule has 1 rings (SSSR count). The molecule has 0 unspecified atom stereocenters. The second kappa shape index (κ2) is 4.96. The van der Waals surface area contributed by atoms with E-state index < -0.39 is 14.9 Å². The third-order valence-corrected chi connectivity index (χ3v) is 3.65. The number of benzene rings is 1. The van der Waals surface area contributed by atoms with Gasteiger partial charge in [0.25, 0.3) is 0 Å². The minimum atomic E-state index is -0.677. The Morgan fingerprint density at radius 1 is 1.36 bits per heavy atom. The van der Waals surface area contributed by atoms with Crippen molar-refractivity contribution in [3.8, 4) is 0 Å². The van der Waals surface area contributed by atoms with E-state index in [0.717, 1.165) is 10.8 Å². The van der Waals surface area contributed by atoms with Gasteiger partial charge < -0.3 is 5.11 Å².